The Morgan fingerprint density at radius 2 is 2.09 bits per heavy atom. The van der Waals surface area contributed by atoms with E-state index in [1.54, 1.807) is 6.07 Å². The summed E-state index contributed by atoms with van der Waals surface area (Å²) in [5.74, 6) is 1.09. The van der Waals surface area contributed by atoms with Gasteiger partial charge in [-0.25, -0.2) is 8.42 Å². The average molecular weight is 340 g/mol. The Kier molecular flexibility index (Phi) is 4.45. The lowest BCUT2D eigenvalue weighted by Gasteiger charge is -2.32. The molecule has 8 heteroatoms. The second-order valence-electron chi connectivity index (χ2n) is 5.79. The van der Waals surface area contributed by atoms with Crippen molar-refractivity contribution in [2.24, 2.45) is 0 Å². The number of piperidine rings is 1. The van der Waals surface area contributed by atoms with Gasteiger partial charge in [-0.3, -0.25) is 4.79 Å². The number of ether oxygens (including phenoxy) is 2. The van der Waals surface area contributed by atoms with E-state index >= 15 is 0 Å². The summed E-state index contributed by atoms with van der Waals surface area (Å²) >= 11 is 0. The summed E-state index contributed by atoms with van der Waals surface area (Å²) < 4.78 is 35.5. The molecule has 1 fully saturated rings. The van der Waals surface area contributed by atoms with Crippen LogP contribution in [0.2, 0.25) is 0 Å². The molecule has 1 atom stereocenters. The van der Waals surface area contributed by atoms with Gasteiger partial charge in [-0.05, 0) is 30.5 Å². The maximum absolute atomic E-state index is 12.4. The Labute approximate surface area is 135 Å². The van der Waals surface area contributed by atoms with E-state index in [0.717, 1.165) is 24.7 Å². The number of hydrogen-bond acceptors (Lipinski definition) is 5. The average Bonchev–Trinajstić information content (AvgIpc) is 2.99. The van der Waals surface area contributed by atoms with Gasteiger partial charge in [0.05, 0.1) is 6.26 Å². The first kappa shape index (κ1) is 16.1. The van der Waals surface area contributed by atoms with Gasteiger partial charge in [0.15, 0.2) is 11.5 Å². The van der Waals surface area contributed by atoms with Gasteiger partial charge < -0.3 is 14.8 Å². The molecule has 23 heavy (non-hydrogen) atoms. The molecule has 0 saturated carbocycles. The quantitative estimate of drug-likeness (QED) is 0.878. The predicted molar refractivity (Wildman–Crippen MR) is 83.6 cm³/mol. The van der Waals surface area contributed by atoms with Gasteiger partial charge in [0.2, 0.25) is 22.7 Å². The van der Waals surface area contributed by atoms with Gasteiger partial charge in [-0.2, -0.15) is 4.31 Å². The van der Waals surface area contributed by atoms with Crippen molar-refractivity contribution in [1.82, 2.24) is 9.62 Å². The fraction of sp³-hybridized carbons (Fsp3) is 0.533. The number of fused-ring (bicyclic) bond motifs is 1. The number of amides is 1. The van der Waals surface area contributed by atoms with Gasteiger partial charge in [-0.1, -0.05) is 12.5 Å². The van der Waals surface area contributed by atoms with Crippen molar-refractivity contribution < 1.29 is 22.7 Å². The van der Waals surface area contributed by atoms with E-state index in [0.29, 0.717) is 31.0 Å². The van der Waals surface area contributed by atoms with E-state index in [1.165, 1.54) is 4.31 Å². The van der Waals surface area contributed by atoms with E-state index in [1.807, 2.05) is 12.1 Å². The normalized spacial score (nSPS) is 21.2. The minimum atomic E-state index is -3.38. The second kappa shape index (κ2) is 6.37. The molecule has 1 amide bonds. The number of hydrogen-bond donors (Lipinski definition) is 1. The largest absolute Gasteiger partial charge is 0.454 e. The number of carbonyl (C=O) groups is 1. The van der Waals surface area contributed by atoms with E-state index in [-0.39, 0.29) is 12.7 Å². The fourth-order valence-electron chi connectivity index (χ4n) is 2.92. The number of rotatable bonds is 4. The highest BCUT2D eigenvalue weighted by atomic mass is 32.2. The first-order valence-electron chi connectivity index (χ1n) is 7.58. The summed E-state index contributed by atoms with van der Waals surface area (Å²) in [4.78, 5) is 12.4. The summed E-state index contributed by atoms with van der Waals surface area (Å²) in [7, 11) is -3.38. The van der Waals surface area contributed by atoms with Crippen LogP contribution in [-0.4, -0.2) is 44.3 Å². The van der Waals surface area contributed by atoms with Crippen molar-refractivity contribution in [3.05, 3.63) is 23.8 Å². The first-order valence-corrected chi connectivity index (χ1v) is 9.43. The van der Waals surface area contributed by atoms with Gasteiger partial charge in [0.25, 0.3) is 0 Å². The molecule has 126 valence electrons. The fourth-order valence-corrected chi connectivity index (χ4v) is 4.05. The molecule has 2 heterocycles. The Morgan fingerprint density at radius 3 is 2.87 bits per heavy atom. The van der Waals surface area contributed by atoms with Crippen LogP contribution in [0.15, 0.2) is 18.2 Å². The highest BCUT2D eigenvalue weighted by Crippen LogP contribution is 2.32. The van der Waals surface area contributed by atoms with E-state index in [2.05, 4.69) is 5.32 Å². The maximum Gasteiger partial charge on any atom is 0.238 e. The second-order valence-corrected chi connectivity index (χ2v) is 7.73. The third kappa shape index (κ3) is 3.59. The number of carbonyl (C=O) groups excluding carboxylic acids is 1. The molecule has 1 aromatic carbocycles. The summed E-state index contributed by atoms with van der Waals surface area (Å²) in [6, 6.07) is 4.85. The van der Waals surface area contributed by atoms with Gasteiger partial charge in [0.1, 0.15) is 6.04 Å². The molecule has 0 aliphatic carbocycles. The third-order valence-electron chi connectivity index (χ3n) is 4.09. The van der Waals surface area contributed by atoms with Crippen LogP contribution in [0.5, 0.6) is 11.5 Å². The van der Waals surface area contributed by atoms with Crippen molar-refractivity contribution in [3.63, 3.8) is 0 Å². The van der Waals surface area contributed by atoms with Gasteiger partial charge in [-0.15, -0.1) is 0 Å². The van der Waals surface area contributed by atoms with Crippen LogP contribution in [0.4, 0.5) is 0 Å². The topological polar surface area (TPSA) is 84.9 Å². The zero-order valence-corrected chi connectivity index (χ0v) is 13.8. The molecular weight excluding hydrogens is 320 g/mol. The number of sulfonamides is 1. The first-order chi connectivity index (χ1) is 10.9. The Hall–Kier alpha value is -1.80. The lowest BCUT2D eigenvalue weighted by Crippen LogP contribution is -2.51. The van der Waals surface area contributed by atoms with Crippen LogP contribution in [0.3, 0.4) is 0 Å². The van der Waals surface area contributed by atoms with Crippen LogP contribution in [-0.2, 0) is 21.4 Å². The molecule has 1 saturated heterocycles. The van der Waals surface area contributed by atoms with Crippen LogP contribution in [0, 0.1) is 0 Å². The van der Waals surface area contributed by atoms with E-state index < -0.39 is 16.1 Å². The summed E-state index contributed by atoms with van der Waals surface area (Å²) in [5.41, 5.74) is 0.879. The minimum Gasteiger partial charge on any atom is -0.454 e. The van der Waals surface area contributed by atoms with Gasteiger partial charge >= 0.3 is 0 Å². The zero-order valence-electron chi connectivity index (χ0n) is 12.9. The number of nitrogens with zero attached hydrogens (tertiary/aromatic N) is 1. The van der Waals surface area contributed by atoms with Crippen LogP contribution in [0.1, 0.15) is 24.8 Å². The third-order valence-corrected chi connectivity index (χ3v) is 5.38. The molecule has 1 N–H and O–H groups in total. The molecule has 3 rings (SSSR count). The number of benzene rings is 1. The molecule has 2 aliphatic rings. The molecule has 0 radical (unpaired) electrons. The smallest absolute Gasteiger partial charge is 0.238 e. The van der Waals surface area contributed by atoms with Crippen molar-refractivity contribution in [2.45, 2.75) is 31.8 Å². The monoisotopic (exact) mass is 340 g/mol. The zero-order chi connectivity index (χ0) is 16.4. The van der Waals surface area contributed by atoms with E-state index in [9.17, 15) is 13.2 Å². The Balaban J connectivity index is 1.64. The molecular formula is C15H20N2O5S. The van der Waals surface area contributed by atoms with E-state index in [4.69, 9.17) is 9.47 Å². The summed E-state index contributed by atoms with van der Waals surface area (Å²) in [6.07, 6.45) is 3.35. The summed E-state index contributed by atoms with van der Waals surface area (Å²) in [6.45, 7) is 0.932. The SMILES string of the molecule is CS(=O)(=O)N1CCCC[C@H]1C(=O)NCc1ccc2c(c1)OCO2. The van der Waals surface area contributed by atoms with Crippen LogP contribution >= 0.6 is 0 Å². The standard InChI is InChI=1S/C15H20N2O5S/c1-23(19,20)17-7-3-2-4-12(17)15(18)16-9-11-5-6-13-14(8-11)22-10-21-13/h5-6,8,12H,2-4,7,9-10H2,1H3,(H,16,18)/t12-/m0/s1. The molecule has 0 aromatic heterocycles. The molecule has 0 unspecified atom stereocenters. The summed E-state index contributed by atoms with van der Waals surface area (Å²) in [5, 5.41) is 2.82. The molecule has 7 nitrogen and oxygen atoms in total. The lowest BCUT2D eigenvalue weighted by molar-refractivity contribution is -0.125. The lowest BCUT2D eigenvalue weighted by atomic mass is 10.0. The Bertz CT molecular complexity index is 704. The van der Waals surface area contributed by atoms with Crippen molar-refractivity contribution in [2.75, 3.05) is 19.6 Å². The maximum atomic E-state index is 12.4. The Morgan fingerprint density at radius 1 is 1.30 bits per heavy atom. The highest BCUT2D eigenvalue weighted by molar-refractivity contribution is 7.88. The van der Waals surface area contributed by atoms with Crippen LogP contribution in [0.25, 0.3) is 0 Å². The van der Waals surface area contributed by atoms with Crippen LogP contribution < -0.4 is 14.8 Å². The van der Waals surface area contributed by atoms with Crippen molar-refractivity contribution >= 4 is 15.9 Å². The highest BCUT2D eigenvalue weighted by Gasteiger charge is 2.34. The molecule has 0 bridgehead atoms. The van der Waals surface area contributed by atoms with Crippen molar-refractivity contribution in [3.8, 4) is 11.5 Å². The predicted octanol–water partition coefficient (Wildman–Crippen LogP) is 0.846. The molecule has 2 aliphatic heterocycles. The number of nitrogens with one attached hydrogen (secondary N) is 1. The van der Waals surface area contributed by atoms with Crippen molar-refractivity contribution in [1.29, 1.82) is 0 Å². The molecule has 1 aromatic rings. The minimum absolute atomic E-state index is 0.205. The molecule has 0 spiro atoms. The van der Waals surface area contributed by atoms with Gasteiger partial charge in [0, 0.05) is 13.1 Å².